The lowest BCUT2D eigenvalue weighted by Gasteiger charge is -2.13. The van der Waals surface area contributed by atoms with E-state index in [1.165, 1.54) is 32.3 Å². The van der Waals surface area contributed by atoms with E-state index in [9.17, 15) is 14.4 Å². The number of hydrogen-bond acceptors (Lipinski definition) is 7. The molecule has 30 heavy (non-hydrogen) atoms. The quantitative estimate of drug-likeness (QED) is 0.153. The summed E-state index contributed by atoms with van der Waals surface area (Å²) in [6.45, 7) is 5.14. The van der Waals surface area contributed by atoms with Gasteiger partial charge in [-0.05, 0) is 31.3 Å². The third kappa shape index (κ3) is 4.89. The Balaban J connectivity index is 2.48. The zero-order valence-corrected chi connectivity index (χ0v) is 18.7. The van der Waals surface area contributed by atoms with E-state index in [1.807, 2.05) is 0 Å². The van der Waals surface area contributed by atoms with Crippen LogP contribution in [0.2, 0.25) is 10.0 Å². The van der Waals surface area contributed by atoms with Gasteiger partial charge in [-0.1, -0.05) is 41.0 Å². The van der Waals surface area contributed by atoms with Crippen molar-refractivity contribution < 1.29 is 14.4 Å². The van der Waals surface area contributed by atoms with Crippen LogP contribution in [0.15, 0.2) is 39.5 Å². The van der Waals surface area contributed by atoms with Crippen LogP contribution in [0.1, 0.15) is 17.3 Å². The van der Waals surface area contributed by atoms with Crippen molar-refractivity contribution in [2.24, 2.45) is 19.3 Å². The van der Waals surface area contributed by atoms with Crippen molar-refractivity contribution in [2.45, 2.75) is 6.92 Å². The highest BCUT2D eigenvalue weighted by molar-refractivity contribution is 7.71. The maximum atomic E-state index is 12.6. The second-order valence-electron chi connectivity index (χ2n) is 6.07. The first-order valence-corrected chi connectivity index (χ1v) is 9.58. The van der Waals surface area contributed by atoms with Gasteiger partial charge in [0, 0.05) is 14.1 Å². The molecule has 160 valence electrons. The molecule has 2 rings (SSSR count). The molecule has 1 heterocycles. The van der Waals surface area contributed by atoms with Gasteiger partial charge in [0.05, 0.1) is 27.0 Å². The van der Waals surface area contributed by atoms with E-state index >= 15 is 0 Å². The molecule has 0 aliphatic heterocycles. The summed E-state index contributed by atoms with van der Waals surface area (Å²) < 4.78 is 8.18. The number of halogens is 2. The molecule has 0 saturated heterocycles. The molecule has 0 atom stereocenters. The number of carbonyl (C=O) groups is 1. The summed E-state index contributed by atoms with van der Waals surface area (Å²) in [6.07, 6.45) is 1.52. The lowest BCUT2D eigenvalue weighted by Crippen LogP contribution is -2.43. The smallest absolute Gasteiger partial charge is 0.340 e. The first-order valence-electron chi connectivity index (χ1n) is 8.42. The van der Waals surface area contributed by atoms with Crippen LogP contribution in [-0.2, 0) is 23.7 Å². The number of oxime groups is 1. The Labute approximate surface area is 186 Å². The summed E-state index contributed by atoms with van der Waals surface area (Å²) >= 11 is 17.4. The molecule has 0 saturated carbocycles. The first-order chi connectivity index (χ1) is 14.1. The minimum Gasteiger partial charge on any atom is -0.456 e. The highest BCUT2D eigenvalue weighted by atomic mass is 35.5. The molecule has 0 N–H and O–H groups in total. The largest absolute Gasteiger partial charge is 0.456 e. The Bertz CT molecular complexity index is 1170. The fraction of sp³-hybridized carbons (Fsp3) is 0.278. The van der Waals surface area contributed by atoms with Gasteiger partial charge in [-0.25, -0.2) is 19.0 Å². The Morgan fingerprint density at radius 3 is 2.37 bits per heavy atom. The van der Waals surface area contributed by atoms with Crippen LogP contribution in [0.5, 0.6) is 0 Å². The first kappa shape index (κ1) is 23.6. The molecular weight excluding hydrogens is 455 g/mol. The molecule has 0 aliphatic rings. The molecular formula is C18H18Cl2N4O5S. The Hall–Kier alpha value is -2.69. The highest BCUT2D eigenvalue weighted by Gasteiger charge is 2.20. The van der Waals surface area contributed by atoms with Crippen LogP contribution in [0, 0.1) is 4.77 Å². The summed E-state index contributed by atoms with van der Waals surface area (Å²) in [7, 11) is 2.83. The van der Waals surface area contributed by atoms with E-state index in [-0.39, 0.29) is 39.3 Å². The molecule has 1 aromatic heterocycles. The average Bonchev–Trinajstić information content (AvgIpc) is 2.70. The second-order valence-corrected chi connectivity index (χ2v) is 7.25. The van der Waals surface area contributed by atoms with Crippen LogP contribution in [-0.4, -0.2) is 38.6 Å². The number of nitrogens with zero attached hydrogens (tertiary/aromatic N) is 4. The standard InChI is InChI=1S/C18H18Cl2N4O5S/c1-5-6-29-21-10(2)9-28-15(25)11-7-14(13(20)8-12(11)19)24-16(26)22(3)18(30)23(4)17(24)27/h5,7-8H,1,6,9H2,2-4H3. The molecule has 2 aromatic rings. The van der Waals surface area contributed by atoms with Crippen molar-refractivity contribution >= 4 is 47.1 Å². The maximum Gasteiger partial charge on any atom is 0.340 e. The van der Waals surface area contributed by atoms with Crippen LogP contribution >= 0.6 is 35.4 Å². The Morgan fingerprint density at radius 1 is 1.20 bits per heavy atom. The number of esters is 1. The van der Waals surface area contributed by atoms with Gasteiger partial charge in [0.1, 0.15) is 13.2 Å². The van der Waals surface area contributed by atoms with Crippen molar-refractivity contribution in [3.05, 3.63) is 66.1 Å². The molecule has 0 amide bonds. The molecule has 0 unspecified atom stereocenters. The number of carbonyl (C=O) groups excluding carboxylic acids is 1. The van der Waals surface area contributed by atoms with Gasteiger partial charge in [-0.2, -0.15) is 0 Å². The summed E-state index contributed by atoms with van der Waals surface area (Å²) in [4.78, 5) is 42.7. The molecule has 0 radical (unpaired) electrons. The molecule has 9 nitrogen and oxygen atoms in total. The number of ether oxygens (including phenoxy) is 1. The normalized spacial score (nSPS) is 11.3. The van der Waals surface area contributed by atoms with Crippen molar-refractivity contribution in [3.8, 4) is 5.69 Å². The lowest BCUT2D eigenvalue weighted by molar-refractivity contribution is 0.0558. The third-order valence-electron chi connectivity index (χ3n) is 3.85. The van der Waals surface area contributed by atoms with Crippen molar-refractivity contribution in [1.29, 1.82) is 0 Å². The maximum absolute atomic E-state index is 12.6. The Morgan fingerprint density at radius 2 is 1.80 bits per heavy atom. The van der Waals surface area contributed by atoms with Crippen LogP contribution in [0.3, 0.4) is 0 Å². The lowest BCUT2D eigenvalue weighted by atomic mass is 10.2. The van der Waals surface area contributed by atoms with Gasteiger partial charge < -0.3 is 9.57 Å². The summed E-state index contributed by atoms with van der Waals surface area (Å²) in [6, 6.07) is 2.45. The van der Waals surface area contributed by atoms with Crippen molar-refractivity contribution in [2.75, 3.05) is 13.2 Å². The van der Waals surface area contributed by atoms with E-state index < -0.39 is 17.3 Å². The predicted octanol–water partition coefficient (Wildman–Crippen LogP) is 2.65. The van der Waals surface area contributed by atoms with Gasteiger partial charge in [0.15, 0.2) is 4.77 Å². The zero-order chi connectivity index (χ0) is 22.6. The molecule has 1 aromatic carbocycles. The summed E-state index contributed by atoms with van der Waals surface area (Å²) in [5.41, 5.74) is -1.18. The van der Waals surface area contributed by atoms with Crippen LogP contribution in [0.25, 0.3) is 5.69 Å². The summed E-state index contributed by atoms with van der Waals surface area (Å²) in [5, 5.41) is 3.72. The SMILES string of the molecule is C=CCON=C(C)COC(=O)c1cc(-n2c(=O)n(C)c(=S)n(C)c2=O)c(Cl)cc1Cl. The van der Waals surface area contributed by atoms with E-state index in [0.29, 0.717) is 5.71 Å². The van der Waals surface area contributed by atoms with Crippen LogP contribution in [0.4, 0.5) is 0 Å². The highest BCUT2D eigenvalue weighted by Crippen LogP contribution is 2.27. The third-order valence-corrected chi connectivity index (χ3v) is 5.02. The van der Waals surface area contributed by atoms with E-state index in [2.05, 4.69) is 11.7 Å². The molecule has 0 fully saturated rings. The van der Waals surface area contributed by atoms with Gasteiger partial charge >= 0.3 is 17.3 Å². The average molecular weight is 473 g/mol. The monoisotopic (exact) mass is 472 g/mol. The Kier molecular flexibility index (Phi) is 7.77. The fourth-order valence-corrected chi connectivity index (χ4v) is 3.02. The van der Waals surface area contributed by atoms with Gasteiger partial charge in [-0.3, -0.25) is 9.13 Å². The molecule has 12 heteroatoms. The number of hydrogen-bond donors (Lipinski definition) is 0. The van der Waals surface area contributed by atoms with Crippen LogP contribution < -0.4 is 11.4 Å². The van der Waals surface area contributed by atoms with Crippen molar-refractivity contribution in [1.82, 2.24) is 13.7 Å². The minimum absolute atomic E-state index is 0.0107. The van der Waals surface area contributed by atoms with Gasteiger partial charge in [0.25, 0.3) is 0 Å². The minimum atomic E-state index is -0.801. The summed E-state index contributed by atoms with van der Waals surface area (Å²) in [5.74, 6) is -0.801. The van der Waals surface area contributed by atoms with Crippen molar-refractivity contribution in [3.63, 3.8) is 0 Å². The molecule has 0 bridgehead atoms. The topological polar surface area (TPSA) is 96.8 Å². The fourth-order valence-electron chi connectivity index (χ4n) is 2.32. The number of benzene rings is 1. The van der Waals surface area contributed by atoms with Gasteiger partial charge in [0.2, 0.25) is 0 Å². The van der Waals surface area contributed by atoms with Gasteiger partial charge in [-0.15, -0.1) is 0 Å². The van der Waals surface area contributed by atoms with E-state index in [4.69, 9.17) is 45.0 Å². The zero-order valence-electron chi connectivity index (χ0n) is 16.3. The number of rotatable bonds is 7. The van der Waals surface area contributed by atoms with E-state index in [0.717, 1.165) is 13.7 Å². The molecule has 0 spiro atoms. The predicted molar refractivity (Wildman–Crippen MR) is 117 cm³/mol. The molecule has 0 aliphatic carbocycles. The second kappa shape index (κ2) is 9.88. The number of aromatic nitrogens is 3. The van der Waals surface area contributed by atoms with E-state index in [1.54, 1.807) is 6.92 Å².